The van der Waals surface area contributed by atoms with Crippen molar-refractivity contribution in [1.29, 1.82) is 0 Å². The second-order valence-electron chi connectivity index (χ2n) is 4.41. The summed E-state index contributed by atoms with van der Waals surface area (Å²) in [5, 5.41) is 13.8. The average Bonchev–Trinajstić information content (AvgIpc) is 2.46. The van der Waals surface area contributed by atoms with Crippen LogP contribution in [0, 0.1) is 10.1 Å². The predicted molar refractivity (Wildman–Crippen MR) is 76.7 cm³/mol. The van der Waals surface area contributed by atoms with Crippen LogP contribution >= 0.6 is 0 Å². The van der Waals surface area contributed by atoms with E-state index in [2.05, 4.69) is 5.32 Å². The predicted octanol–water partition coefficient (Wildman–Crippen LogP) is 2.13. The number of nitrogens with zero attached hydrogens (tertiary/aromatic N) is 1. The maximum atomic E-state index is 10.5. The number of methoxy groups -OCH3 is 1. The second-order valence-corrected chi connectivity index (χ2v) is 4.41. The Hall–Kier alpha value is -1.50. The van der Waals surface area contributed by atoms with Crippen LogP contribution in [0.25, 0.3) is 0 Å². The molecule has 0 saturated heterocycles. The monoisotopic (exact) mass is 282 g/mol. The topological polar surface area (TPSA) is 73.6 Å². The standard InChI is InChI=1S/C14H22N2O4/c1-19-10-11-20-9-3-2-8-15-12-13-4-6-14(7-5-13)16(17)18/h4-7,15H,2-3,8-12H2,1H3. The highest BCUT2D eigenvalue weighted by Gasteiger charge is 2.03. The number of nitro benzene ring substituents is 1. The number of hydrogen-bond donors (Lipinski definition) is 1. The summed E-state index contributed by atoms with van der Waals surface area (Å²) < 4.78 is 10.2. The number of non-ortho nitro benzene ring substituents is 1. The van der Waals surface area contributed by atoms with Crippen molar-refractivity contribution in [3.05, 3.63) is 39.9 Å². The molecular weight excluding hydrogens is 260 g/mol. The van der Waals surface area contributed by atoms with Gasteiger partial charge >= 0.3 is 0 Å². The van der Waals surface area contributed by atoms with Crippen LogP contribution in [0.4, 0.5) is 5.69 Å². The molecule has 0 unspecified atom stereocenters. The minimum absolute atomic E-state index is 0.127. The Bertz CT molecular complexity index is 381. The molecule has 6 nitrogen and oxygen atoms in total. The van der Waals surface area contributed by atoms with Crippen molar-refractivity contribution in [2.45, 2.75) is 19.4 Å². The molecule has 0 aromatic heterocycles. The lowest BCUT2D eigenvalue weighted by atomic mass is 10.2. The first-order valence-corrected chi connectivity index (χ1v) is 6.75. The van der Waals surface area contributed by atoms with Gasteiger partial charge in [-0.25, -0.2) is 0 Å². The fraction of sp³-hybridized carbons (Fsp3) is 0.571. The Morgan fingerprint density at radius 2 is 1.90 bits per heavy atom. The van der Waals surface area contributed by atoms with Gasteiger partial charge in [0.05, 0.1) is 18.1 Å². The lowest BCUT2D eigenvalue weighted by molar-refractivity contribution is -0.384. The largest absolute Gasteiger partial charge is 0.382 e. The van der Waals surface area contributed by atoms with E-state index in [0.29, 0.717) is 13.2 Å². The van der Waals surface area contributed by atoms with Gasteiger partial charge in [-0.2, -0.15) is 0 Å². The number of hydrogen-bond acceptors (Lipinski definition) is 5. The van der Waals surface area contributed by atoms with Gasteiger partial charge in [0.15, 0.2) is 0 Å². The van der Waals surface area contributed by atoms with Gasteiger partial charge < -0.3 is 14.8 Å². The maximum Gasteiger partial charge on any atom is 0.269 e. The summed E-state index contributed by atoms with van der Waals surface area (Å²) in [7, 11) is 1.66. The molecule has 0 saturated carbocycles. The van der Waals surface area contributed by atoms with Crippen molar-refractivity contribution in [1.82, 2.24) is 5.32 Å². The molecule has 6 heteroatoms. The molecule has 0 spiro atoms. The van der Waals surface area contributed by atoms with Crippen molar-refractivity contribution in [2.24, 2.45) is 0 Å². The van der Waals surface area contributed by atoms with Gasteiger partial charge in [0.25, 0.3) is 5.69 Å². The highest BCUT2D eigenvalue weighted by atomic mass is 16.6. The van der Waals surface area contributed by atoms with E-state index < -0.39 is 0 Å². The van der Waals surface area contributed by atoms with Crippen LogP contribution < -0.4 is 5.32 Å². The van der Waals surface area contributed by atoms with Crippen LogP contribution in [0.15, 0.2) is 24.3 Å². The Morgan fingerprint density at radius 1 is 1.15 bits per heavy atom. The van der Waals surface area contributed by atoms with E-state index in [1.54, 1.807) is 19.2 Å². The zero-order chi connectivity index (χ0) is 14.6. The third-order valence-electron chi connectivity index (χ3n) is 2.80. The lowest BCUT2D eigenvalue weighted by Crippen LogP contribution is -2.15. The molecule has 0 radical (unpaired) electrons. The molecule has 1 rings (SSSR count). The summed E-state index contributed by atoms with van der Waals surface area (Å²) >= 11 is 0. The summed E-state index contributed by atoms with van der Waals surface area (Å²) in [5.74, 6) is 0. The Labute approximate surface area is 119 Å². The highest BCUT2D eigenvalue weighted by Crippen LogP contribution is 2.11. The number of nitro groups is 1. The zero-order valence-electron chi connectivity index (χ0n) is 11.8. The molecule has 20 heavy (non-hydrogen) atoms. The minimum Gasteiger partial charge on any atom is -0.382 e. The van der Waals surface area contributed by atoms with Crippen LogP contribution in [-0.2, 0) is 16.0 Å². The summed E-state index contributed by atoms with van der Waals surface area (Å²) in [4.78, 5) is 10.1. The number of benzene rings is 1. The van der Waals surface area contributed by atoms with Gasteiger partial charge in [0, 0.05) is 32.4 Å². The van der Waals surface area contributed by atoms with Crippen molar-refractivity contribution >= 4 is 5.69 Å². The molecular formula is C14H22N2O4. The van der Waals surface area contributed by atoms with Crippen molar-refractivity contribution in [3.8, 4) is 0 Å². The zero-order valence-corrected chi connectivity index (χ0v) is 11.8. The Morgan fingerprint density at radius 3 is 2.55 bits per heavy atom. The second kappa shape index (κ2) is 10.3. The average molecular weight is 282 g/mol. The van der Waals surface area contributed by atoms with E-state index in [0.717, 1.165) is 38.1 Å². The van der Waals surface area contributed by atoms with Gasteiger partial charge in [-0.15, -0.1) is 0 Å². The molecule has 0 aliphatic rings. The molecule has 0 fully saturated rings. The van der Waals surface area contributed by atoms with Crippen LogP contribution in [0.1, 0.15) is 18.4 Å². The Kier molecular flexibility index (Phi) is 8.53. The van der Waals surface area contributed by atoms with Gasteiger partial charge in [-0.05, 0) is 24.9 Å². The maximum absolute atomic E-state index is 10.5. The van der Waals surface area contributed by atoms with Crippen molar-refractivity contribution < 1.29 is 14.4 Å². The molecule has 0 atom stereocenters. The van der Waals surface area contributed by atoms with Gasteiger partial charge in [0.2, 0.25) is 0 Å². The summed E-state index contributed by atoms with van der Waals surface area (Å²) in [6, 6.07) is 6.61. The van der Waals surface area contributed by atoms with E-state index in [1.165, 1.54) is 12.1 Å². The molecule has 112 valence electrons. The molecule has 1 aromatic carbocycles. The molecule has 0 bridgehead atoms. The van der Waals surface area contributed by atoms with E-state index >= 15 is 0 Å². The molecule has 0 aliphatic heterocycles. The third-order valence-corrected chi connectivity index (χ3v) is 2.80. The summed E-state index contributed by atoms with van der Waals surface area (Å²) in [5.41, 5.74) is 1.17. The van der Waals surface area contributed by atoms with Crippen molar-refractivity contribution in [2.75, 3.05) is 33.5 Å². The van der Waals surface area contributed by atoms with E-state index in [4.69, 9.17) is 9.47 Å². The number of nitrogens with one attached hydrogen (secondary N) is 1. The number of rotatable bonds is 11. The molecule has 0 aliphatic carbocycles. The van der Waals surface area contributed by atoms with Crippen LogP contribution in [-0.4, -0.2) is 38.4 Å². The molecule has 1 aromatic rings. The van der Waals surface area contributed by atoms with E-state index in [1.807, 2.05) is 0 Å². The Balaban J connectivity index is 2.02. The van der Waals surface area contributed by atoms with E-state index in [-0.39, 0.29) is 10.6 Å². The van der Waals surface area contributed by atoms with Gasteiger partial charge in [-0.1, -0.05) is 12.1 Å². The van der Waals surface area contributed by atoms with Gasteiger partial charge in [0.1, 0.15) is 0 Å². The fourth-order valence-electron chi connectivity index (χ4n) is 1.67. The minimum atomic E-state index is -0.388. The number of unbranched alkanes of at least 4 members (excludes halogenated alkanes) is 1. The first-order valence-electron chi connectivity index (χ1n) is 6.75. The summed E-state index contributed by atoms with van der Waals surface area (Å²) in [6.45, 7) is 3.67. The number of ether oxygens (including phenoxy) is 2. The van der Waals surface area contributed by atoms with Gasteiger partial charge in [-0.3, -0.25) is 10.1 Å². The van der Waals surface area contributed by atoms with Crippen molar-refractivity contribution in [3.63, 3.8) is 0 Å². The SMILES string of the molecule is COCCOCCCCNCc1ccc([N+](=O)[O-])cc1. The molecule has 0 amide bonds. The highest BCUT2D eigenvalue weighted by molar-refractivity contribution is 5.32. The molecule has 0 heterocycles. The van der Waals surface area contributed by atoms with E-state index in [9.17, 15) is 10.1 Å². The fourth-order valence-corrected chi connectivity index (χ4v) is 1.67. The molecule has 1 N–H and O–H groups in total. The first-order chi connectivity index (χ1) is 9.74. The van der Waals surface area contributed by atoms with Crippen LogP contribution in [0.3, 0.4) is 0 Å². The van der Waals surface area contributed by atoms with Crippen LogP contribution in [0.5, 0.6) is 0 Å². The van der Waals surface area contributed by atoms with Crippen LogP contribution in [0.2, 0.25) is 0 Å². The first kappa shape index (κ1) is 16.6. The lowest BCUT2D eigenvalue weighted by Gasteiger charge is -2.06. The smallest absolute Gasteiger partial charge is 0.269 e. The third kappa shape index (κ3) is 7.18. The normalized spacial score (nSPS) is 10.7. The quantitative estimate of drug-likeness (QED) is 0.382. The summed E-state index contributed by atoms with van der Waals surface area (Å²) in [6.07, 6.45) is 2.05.